The molecule has 5 nitrogen and oxygen atoms in total. The summed E-state index contributed by atoms with van der Waals surface area (Å²) in [5, 5.41) is 2.79. The second-order valence-corrected chi connectivity index (χ2v) is 6.08. The number of carbonyl (C=O) groups excluding carboxylic acids is 2. The number of benzene rings is 1. The topological polar surface area (TPSA) is 68.3 Å². The Labute approximate surface area is 143 Å². The summed E-state index contributed by atoms with van der Waals surface area (Å²) in [5.41, 5.74) is 2.44. The van der Waals surface area contributed by atoms with Crippen molar-refractivity contribution in [3.63, 3.8) is 0 Å². The number of aryl methyl sites for hydroxylation is 1. The molecule has 1 unspecified atom stereocenters. The van der Waals surface area contributed by atoms with Gasteiger partial charge in [0.05, 0.1) is 11.6 Å². The predicted molar refractivity (Wildman–Crippen MR) is 90.0 cm³/mol. The van der Waals surface area contributed by atoms with Gasteiger partial charge in [0.2, 0.25) is 0 Å². The van der Waals surface area contributed by atoms with Crippen LogP contribution in [0.15, 0.2) is 47.2 Å². The van der Waals surface area contributed by atoms with Crippen LogP contribution in [0.5, 0.6) is 0 Å². The summed E-state index contributed by atoms with van der Waals surface area (Å²) in [6, 6.07) is 9.31. The van der Waals surface area contributed by atoms with Crippen LogP contribution in [0, 0.1) is 6.92 Å². The van der Waals surface area contributed by atoms with Crippen molar-refractivity contribution in [2.45, 2.75) is 19.9 Å². The van der Waals surface area contributed by atoms with E-state index in [9.17, 15) is 9.59 Å². The molecular weight excluding hydrogens is 360 g/mol. The van der Waals surface area contributed by atoms with Crippen molar-refractivity contribution in [1.82, 2.24) is 10.3 Å². The predicted octanol–water partition coefficient (Wildman–Crippen LogP) is 3.19. The van der Waals surface area contributed by atoms with Gasteiger partial charge in [-0.2, -0.15) is 0 Å². The van der Waals surface area contributed by atoms with Crippen LogP contribution >= 0.6 is 15.9 Å². The van der Waals surface area contributed by atoms with Crippen LogP contribution in [0.25, 0.3) is 0 Å². The Morgan fingerprint density at radius 3 is 2.61 bits per heavy atom. The van der Waals surface area contributed by atoms with Gasteiger partial charge in [0.25, 0.3) is 5.91 Å². The number of esters is 1. The molecule has 2 rings (SSSR count). The van der Waals surface area contributed by atoms with Crippen molar-refractivity contribution in [1.29, 1.82) is 0 Å². The molecule has 0 saturated heterocycles. The Kier molecular flexibility index (Phi) is 5.87. The van der Waals surface area contributed by atoms with E-state index in [0.717, 1.165) is 11.1 Å². The fourth-order valence-corrected chi connectivity index (χ4v) is 2.32. The summed E-state index contributed by atoms with van der Waals surface area (Å²) in [6.07, 6.45) is 2.95. The Morgan fingerprint density at radius 1 is 1.26 bits per heavy atom. The molecule has 0 fully saturated rings. The molecule has 1 N–H and O–H groups in total. The molecule has 1 aromatic heterocycles. The van der Waals surface area contributed by atoms with Crippen molar-refractivity contribution < 1.29 is 14.3 Å². The molecule has 0 radical (unpaired) electrons. The van der Waals surface area contributed by atoms with Crippen LogP contribution in [0.4, 0.5) is 0 Å². The number of hydrogen-bond acceptors (Lipinski definition) is 4. The molecule has 0 bridgehead atoms. The number of amides is 1. The van der Waals surface area contributed by atoms with E-state index in [1.165, 1.54) is 6.20 Å². The lowest BCUT2D eigenvalue weighted by Crippen LogP contribution is -2.31. The summed E-state index contributed by atoms with van der Waals surface area (Å²) in [4.78, 5) is 27.6. The largest absolute Gasteiger partial charge is 0.452 e. The average molecular weight is 377 g/mol. The molecule has 120 valence electrons. The Bertz CT molecular complexity index is 701. The van der Waals surface area contributed by atoms with Crippen molar-refractivity contribution >= 4 is 27.8 Å². The Hall–Kier alpha value is -2.21. The molecule has 2 aromatic rings. The van der Waals surface area contributed by atoms with Crippen molar-refractivity contribution in [2.24, 2.45) is 0 Å². The van der Waals surface area contributed by atoms with Gasteiger partial charge >= 0.3 is 5.97 Å². The summed E-state index contributed by atoms with van der Waals surface area (Å²) < 4.78 is 5.66. The molecule has 0 aliphatic rings. The normalized spacial score (nSPS) is 11.6. The maximum atomic E-state index is 11.9. The third kappa shape index (κ3) is 5.17. The standard InChI is InChI=1S/C17H17BrN2O3/c1-11-3-5-13(6-4-11)12(2)20-16(21)10-23-17(22)14-7-15(18)9-19-8-14/h3-9,12H,10H2,1-2H3,(H,20,21). The molecule has 1 amide bonds. The van der Waals surface area contributed by atoms with E-state index in [1.54, 1.807) is 12.3 Å². The molecule has 1 atom stereocenters. The van der Waals surface area contributed by atoms with E-state index in [0.29, 0.717) is 10.0 Å². The first-order valence-corrected chi connectivity index (χ1v) is 7.88. The molecule has 6 heteroatoms. The number of hydrogen-bond donors (Lipinski definition) is 1. The van der Waals surface area contributed by atoms with E-state index in [1.807, 2.05) is 38.1 Å². The maximum absolute atomic E-state index is 11.9. The van der Waals surface area contributed by atoms with Crippen molar-refractivity contribution in [3.05, 3.63) is 63.9 Å². The monoisotopic (exact) mass is 376 g/mol. The van der Waals surface area contributed by atoms with Gasteiger partial charge in [-0.1, -0.05) is 29.8 Å². The van der Waals surface area contributed by atoms with E-state index in [2.05, 4.69) is 26.2 Å². The minimum atomic E-state index is -0.586. The number of carbonyl (C=O) groups is 2. The summed E-state index contributed by atoms with van der Waals surface area (Å²) in [5.74, 6) is -0.939. The fourth-order valence-electron chi connectivity index (χ4n) is 1.96. The van der Waals surface area contributed by atoms with Crippen LogP contribution in [0.2, 0.25) is 0 Å². The molecule has 1 aromatic carbocycles. The Balaban J connectivity index is 1.85. The van der Waals surface area contributed by atoms with Gasteiger partial charge < -0.3 is 10.1 Å². The molecule has 0 aliphatic heterocycles. The number of halogens is 1. The molecule has 0 saturated carbocycles. The third-order valence-electron chi connectivity index (χ3n) is 3.23. The first-order valence-electron chi connectivity index (χ1n) is 7.09. The van der Waals surface area contributed by atoms with E-state index in [4.69, 9.17) is 4.74 Å². The molecular formula is C17H17BrN2O3. The van der Waals surface area contributed by atoms with Crippen LogP contribution in [-0.2, 0) is 9.53 Å². The summed E-state index contributed by atoms with van der Waals surface area (Å²) in [7, 11) is 0. The number of ether oxygens (including phenoxy) is 1. The molecule has 1 heterocycles. The quantitative estimate of drug-likeness (QED) is 0.813. The highest BCUT2D eigenvalue weighted by molar-refractivity contribution is 9.10. The van der Waals surface area contributed by atoms with Gasteiger partial charge in [0.15, 0.2) is 6.61 Å². The average Bonchev–Trinajstić information content (AvgIpc) is 2.53. The molecule has 0 spiro atoms. The van der Waals surface area contributed by atoms with E-state index >= 15 is 0 Å². The lowest BCUT2D eigenvalue weighted by molar-refractivity contribution is -0.124. The number of nitrogens with one attached hydrogen (secondary N) is 1. The maximum Gasteiger partial charge on any atom is 0.340 e. The minimum Gasteiger partial charge on any atom is -0.452 e. The highest BCUT2D eigenvalue weighted by Crippen LogP contribution is 2.13. The van der Waals surface area contributed by atoms with Gasteiger partial charge in [0, 0.05) is 16.9 Å². The number of rotatable bonds is 5. The first-order chi connectivity index (χ1) is 11.0. The zero-order chi connectivity index (χ0) is 16.8. The summed E-state index contributed by atoms with van der Waals surface area (Å²) >= 11 is 3.22. The zero-order valence-electron chi connectivity index (χ0n) is 12.9. The van der Waals surface area contributed by atoms with Gasteiger partial charge in [-0.05, 0) is 41.4 Å². The lowest BCUT2D eigenvalue weighted by atomic mass is 10.1. The molecule has 0 aliphatic carbocycles. The first kappa shape index (κ1) is 17.1. The van der Waals surface area contributed by atoms with Crippen LogP contribution in [-0.4, -0.2) is 23.5 Å². The molecule has 23 heavy (non-hydrogen) atoms. The van der Waals surface area contributed by atoms with E-state index in [-0.39, 0.29) is 18.6 Å². The lowest BCUT2D eigenvalue weighted by Gasteiger charge is -2.14. The van der Waals surface area contributed by atoms with Crippen LogP contribution < -0.4 is 5.32 Å². The van der Waals surface area contributed by atoms with Gasteiger partial charge in [-0.25, -0.2) is 4.79 Å². The third-order valence-corrected chi connectivity index (χ3v) is 3.66. The second kappa shape index (κ2) is 7.87. The highest BCUT2D eigenvalue weighted by Gasteiger charge is 2.13. The highest BCUT2D eigenvalue weighted by atomic mass is 79.9. The number of pyridine rings is 1. The Morgan fingerprint density at radius 2 is 1.96 bits per heavy atom. The fraction of sp³-hybridized carbons (Fsp3) is 0.235. The minimum absolute atomic E-state index is 0.158. The van der Waals surface area contributed by atoms with Crippen LogP contribution in [0.3, 0.4) is 0 Å². The number of aromatic nitrogens is 1. The van der Waals surface area contributed by atoms with E-state index < -0.39 is 5.97 Å². The van der Waals surface area contributed by atoms with Gasteiger partial charge in [-0.3, -0.25) is 9.78 Å². The number of nitrogens with zero attached hydrogens (tertiary/aromatic N) is 1. The van der Waals surface area contributed by atoms with Gasteiger partial charge in [0.1, 0.15) is 0 Å². The second-order valence-electron chi connectivity index (χ2n) is 5.17. The zero-order valence-corrected chi connectivity index (χ0v) is 14.5. The van der Waals surface area contributed by atoms with Crippen LogP contribution in [0.1, 0.15) is 34.5 Å². The van der Waals surface area contributed by atoms with Gasteiger partial charge in [-0.15, -0.1) is 0 Å². The van der Waals surface area contributed by atoms with Crippen molar-refractivity contribution in [3.8, 4) is 0 Å². The summed E-state index contributed by atoms with van der Waals surface area (Å²) in [6.45, 7) is 3.55. The smallest absolute Gasteiger partial charge is 0.340 e. The SMILES string of the molecule is Cc1ccc(C(C)NC(=O)COC(=O)c2cncc(Br)c2)cc1. The van der Waals surface area contributed by atoms with Crippen molar-refractivity contribution in [2.75, 3.05) is 6.61 Å².